The Morgan fingerprint density at radius 3 is 2.40 bits per heavy atom. The standard InChI is InChI=1S/C14H13B3ClNO5S/c1-2-7-13(15,16)25(21,22)24-10-11(20)14(17,23-12(10)19)8-3-5-9(18)6-4-8/h3-6H,2,7,19H2,1H3/t14-/m1/s1. The number of hydrogen-bond donors (Lipinski definition) is 1. The lowest BCUT2D eigenvalue weighted by molar-refractivity contribution is -0.126. The fraction of sp³-hybridized carbons (Fsp3) is 0.357. The lowest BCUT2D eigenvalue weighted by Gasteiger charge is -2.25. The van der Waals surface area contributed by atoms with Crippen molar-refractivity contribution in [3.63, 3.8) is 0 Å². The van der Waals surface area contributed by atoms with Crippen LogP contribution in [0.25, 0.3) is 0 Å². The van der Waals surface area contributed by atoms with Gasteiger partial charge in [0.1, 0.15) is 7.85 Å². The number of rotatable bonds is 6. The van der Waals surface area contributed by atoms with Crippen molar-refractivity contribution >= 4 is 51.0 Å². The van der Waals surface area contributed by atoms with Crippen molar-refractivity contribution in [2.75, 3.05) is 0 Å². The van der Waals surface area contributed by atoms with E-state index in [1.165, 1.54) is 24.3 Å². The molecule has 0 aliphatic carbocycles. The molecule has 126 valence electrons. The van der Waals surface area contributed by atoms with Crippen LogP contribution in [0.4, 0.5) is 0 Å². The van der Waals surface area contributed by atoms with Crippen molar-refractivity contribution < 1.29 is 22.1 Å². The normalized spacial score (nSPS) is 21.3. The molecule has 0 fully saturated rings. The molecule has 0 saturated heterocycles. The quantitative estimate of drug-likeness (QED) is 0.576. The summed E-state index contributed by atoms with van der Waals surface area (Å²) >= 11 is 5.79. The highest BCUT2D eigenvalue weighted by molar-refractivity contribution is 7.91. The Hall–Kier alpha value is -1.54. The Morgan fingerprint density at radius 1 is 1.32 bits per heavy atom. The molecule has 0 bridgehead atoms. The molecule has 2 N–H and O–H groups in total. The predicted octanol–water partition coefficient (Wildman–Crippen LogP) is 0.526. The number of halogens is 1. The maximum Gasteiger partial charge on any atom is 0.298 e. The highest BCUT2D eigenvalue weighted by atomic mass is 35.5. The molecule has 11 heteroatoms. The zero-order valence-electron chi connectivity index (χ0n) is 13.4. The molecule has 6 radical (unpaired) electrons. The maximum absolute atomic E-state index is 12.6. The van der Waals surface area contributed by atoms with Crippen molar-refractivity contribution in [1.82, 2.24) is 0 Å². The number of ether oxygens (including phenoxy) is 1. The Bertz CT molecular complexity index is 825. The van der Waals surface area contributed by atoms with Gasteiger partial charge in [-0.2, -0.15) is 8.42 Å². The van der Waals surface area contributed by atoms with Crippen LogP contribution in [0.5, 0.6) is 0 Å². The predicted molar refractivity (Wildman–Crippen MR) is 95.3 cm³/mol. The minimum atomic E-state index is -4.57. The van der Waals surface area contributed by atoms with Gasteiger partial charge in [-0.1, -0.05) is 37.1 Å². The molecule has 0 spiro atoms. The first-order valence-electron chi connectivity index (χ1n) is 7.25. The van der Waals surface area contributed by atoms with E-state index < -0.39 is 37.6 Å². The Kier molecular flexibility index (Phi) is 5.26. The Morgan fingerprint density at radius 2 is 1.88 bits per heavy atom. The fourth-order valence-corrected chi connectivity index (χ4v) is 3.33. The van der Waals surface area contributed by atoms with E-state index >= 15 is 0 Å². The minimum Gasteiger partial charge on any atom is -0.467 e. The van der Waals surface area contributed by atoms with Gasteiger partial charge in [0.25, 0.3) is 10.1 Å². The fourth-order valence-electron chi connectivity index (χ4n) is 2.22. The van der Waals surface area contributed by atoms with E-state index in [0.29, 0.717) is 11.4 Å². The summed E-state index contributed by atoms with van der Waals surface area (Å²) in [5.41, 5.74) is 3.76. The van der Waals surface area contributed by atoms with Gasteiger partial charge in [-0.25, -0.2) is 0 Å². The van der Waals surface area contributed by atoms with Crippen LogP contribution in [0.2, 0.25) is 5.02 Å². The van der Waals surface area contributed by atoms with Gasteiger partial charge in [-0.05, 0) is 24.1 Å². The monoisotopic (exact) mass is 375 g/mol. The molecule has 25 heavy (non-hydrogen) atoms. The number of carbonyl (C=O) groups is 1. The highest BCUT2D eigenvalue weighted by Gasteiger charge is 2.50. The highest BCUT2D eigenvalue weighted by Crippen LogP contribution is 2.37. The molecule has 1 heterocycles. The number of carbonyl (C=O) groups excluding carboxylic acids is 1. The van der Waals surface area contributed by atoms with E-state index in [0.717, 1.165) is 0 Å². The van der Waals surface area contributed by atoms with Gasteiger partial charge in [0.2, 0.25) is 17.4 Å². The molecule has 0 amide bonds. The Balaban J connectivity index is 2.34. The molecule has 1 atom stereocenters. The molecule has 0 aromatic heterocycles. The van der Waals surface area contributed by atoms with Gasteiger partial charge in [-0.15, -0.1) is 0 Å². The van der Waals surface area contributed by atoms with Gasteiger partial charge < -0.3 is 14.7 Å². The van der Waals surface area contributed by atoms with E-state index in [1.54, 1.807) is 6.92 Å². The van der Waals surface area contributed by atoms with Crippen molar-refractivity contribution in [1.29, 1.82) is 0 Å². The first-order chi connectivity index (χ1) is 11.4. The molecule has 1 aliphatic rings. The number of benzene rings is 1. The second-order valence-electron chi connectivity index (χ2n) is 5.61. The summed E-state index contributed by atoms with van der Waals surface area (Å²) in [6, 6.07) is 5.86. The number of ketones is 1. The topological polar surface area (TPSA) is 95.7 Å². The van der Waals surface area contributed by atoms with Crippen LogP contribution >= 0.6 is 11.6 Å². The second kappa shape index (κ2) is 6.65. The van der Waals surface area contributed by atoms with Crippen molar-refractivity contribution in [3.05, 3.63) is 46.5 Å². The van der Waals surface area contributed by atoms with Crippen molar-refractivity contribution in [3.8, 4) is 0 Å². The summed E-state index contributed by atoms with van der Waals surface area (Å²) in [7, 11) is 12.5. The lowest BCUT2D eigenvalue weighted by atomic mass is 9.67. The van der Waals surface area contributed by atoms with Gasteiger partial charge in [0, 0.05) is 9.57 Å². The molecule has 6 nitrogen and oxygen atoms in total. The van der Waals surface area contributed by atoms with Crippen LogP contribution in [0, 0.1) is 0 Å². The van der Waals surface area contributed by atoms with Gasteiger partial charge in [-0.3, -0.25) is 4.79 Å². The van der Waals surface area contributed by atoms with Crippen LogP contribution in [0.1, 0.15) is 25.3 Å². The molecular weight excluding hydrogens is 362 g/mol. The van der Waals surface area contributed by atoms with Gasteiger partial charge >= 0.3 is 0 Å². The van der Waals surface area contributed by atoms with Gasteiger partial charge in [0.15, 0.2) is 5.50 Å². The van der Waals surface area contributed by atoms with Crippen LogP contribution < -0.4 is 5.73 Å². The molecule has 0 saturated carbocycles. The summed E-state index contributed by atoms with van der Waals surface area (Å²) in [5.74, 6) is -2.34. The van der Waals surface area contributed by atoms with E-state index in [1.807, 2.05) is 0 Å². The largest absolute Gasteiger partial charge is 0.467 e. The third-order valence-corrected chi connectivity index (χ3v) is 5.38. The first kappa shape index (κ1) is 19.8. The van der Waals surface area contributed by atoms with Crippen LogP contribution in [0.3, 0.4) is 0 Å². The maximum atomic E-state index is 12.6. The van der Waals surface area contributed by atoms with E-state index in [2.05, 4.69) is 0 Å². The summed E-state index contributed by atoms with van der Waals surface area (Å²) in [5, 5.41) is 0.411. The van der Waals surface area contributed by atoms with Crippen LogP contribution in [-0.4, -0.2) is 42.3 Å². The zero-order valence-corrected chi connectivity index (χ0v) is 14.9. The lowest BCUT2D eigenvalue weighted by Crippen LogP contribution is -2.42. The molecular formula is C14H13B3ClNO5S. The summed E-state index contributed by atoms with van der Waals surface area (Å²) in [6.07, 6.45) is 0.280. The second-order valence-corrected chi connectivity index (χ2v) is 7.88. The zero-order chi connectivity index (χ0) is 19.0. The van der Waals surface area contributed by atoms with Gasteiger partial charge in [0.05, 0.1) is 15.7 Å². The van der Waals surface area contributed by atoms with E-state index in [4.69, 9.17) is 49.8 Å². The van der Waals surface area contributed by atoms with E-state index in [9.17, 15) is 13.2 Å². The minimum absolute atomic E-state index is 0.0947. The molecule has 1 aliphatic heterocycles. The average molecular weight is 375 g/mol. The Labute approximate surface area is 155 Å². The van der Waals surface area contributed by atoms with E-state index in [-0.39, 0.29) is 12.0 Å². The number of Topliss-reactive ketones (excluding diaryl/α,β-unsaturated/α-hetero) is 1. The smallest absolute Gasteiger partial charge is 0.298 e. The SMILES string of the molecule is [B]C([B])(CCC)S(=O)(=O)OC1=C(N)O[C@]([B])(c2ccc(Cl)cc2)C1=O. The molecule has 2 rings (SSSR count). The first-order valence-corrected chi connectivity index (χ1v) is 9.03. The summed E-state index contributed by atoms with van der Waals surface area (Å²) in [4.78, 5) is 12.6. The van der Waals surface area contributed by atoms with Crippen molar-refractivity contribution in [2.45, 2.75) is 29.8 Å². The number of nitrogens with two attached hydrogens (primary N) is 1. The average Bonchev–Trinajstić information content (AvgIpc) is 2.72. The van der Waals surface area contributed by atoms with Crippen LogP contribution in [0.15, 0.2) is 35.9 Å². The van der Waals surface area contributed by atoms with Crippen molar-refractivity contribution in [2.24, 2.45) is 5.73 Å². The van der Waals surface area contributed by atoms with Crippen LogP contribution in [-0.2, 0) is 29.3 Å². The third kappa shape index (κ3) is 3.55. The summed E-state index contributed by atoms with van der Waals surface area (Å²) < 4.78 is 32.3. The molecule has 1 aromatic carbocycles. The number of hydrogen-bond acceptors (Lipinski definition) is 6. The molecule has 1 aromatic rings. The summed E-state index contributed by atoms with van der Waals surface area (Å²) in [6.45, 7) is 1.69. The third-order valence-electron chi connectivity index (χ3n) is 3.61. The molecule has 0 unspecified atom stereocenters.